The summed E-state index contributed by atoms with van der Waals surface area (Å²) in [7, 11) is 1.39. The molecule has 0 radical (unpaired) electrons. The first-order valence-electron chi connectivity index (χ1n) is 6.75. The molecule has 2 heterocycles. The summed E-state index contributed by atoms with van der Waals surface area (Å²) in [5.74, 6) is -1.19. The Morgan fingerprint density at radius 3 is 2.50 bits per heavy atom. The van der Waals surface area contributed by atoms with Crippen LogP contribution in [0.4, 0.5) is 11.6 Å². The van der Waals surface area contributed by atoms with Gasteiger partial charge < -0.3 is 25.0 Å². The van der Waals surface area contributed by atoms with Crippen molar-refractivity contribution < 1.29 is 19.4 Å². The van der Waals surface area contributed by atoms with Crippen molar-refractivity contribution in [2.24, 2.45) is 7.05 Å². The van der Waals surface area contributed by atoms with Gasteiger partial charge in [-0.1, -0.05) is 0 Å². The number of rotatable bonds is 6. The summed E-state index contributed by atoms with van der Waals surface area (Å²) in [4.78, 5) is 35.6. The second kappa shape index (κ2) is 6.44. The number of nitrogens with zero attached hydrogens (tertiary/aromatic N) is 6. The first kappa shape index (κ1) is 17.1. The van der Waals surface area contributed by atoms with E-state index in [0.29, 0.717) is 5.69 Å². The molecule has 12 heteroatoms. The van der Waals surface area contributed by atoms with E-state index in [1.54, 1.807) is 6.92 Å². The number of hydrogen-bond acceptors (Lipinski definition) is 8. The van der Waals surface area contributed by atoms with E-state index in [0.717, 1.165) is 10.8 Å². The predicted molar refractivity (Wildman–Crippen MR) is 79.1 cm³/mol. The minimum atomic E-state index is -0.689. The quantitative estimate of drug-likeness (QED) is 0.429. The Hall–Kier alpha value is -3.31. The largest absolute Gasteiger partial charge is 0.464 e. The molecule has 0 spiro atoms. The molecule has 0 aliphatic carbocycles. The lowest BCUT2D eigenvalue weighted by Gasteiger charge is -2.01. The minimum Gasteiger partial charge on any atom is -0.464 e. The molecule has 12 nitrogen and oxygen atoms in total. The van der Waals surface area contributed by atoms with Crippen LogP contribution >= 0.6 is 0 Å². The maximum Gasteiger partial charge on any atom is 0.403 e. The highest BCUT2D eigenvalue weighted by atomic mass is 16.6. The number of aromatic nitrogens is 4. The molecule has 0 aliphatic rings. The van der Waals surface area contributed by atoms with Gasteiger partial charge in [0.05, 0.1) is 24.4 Å². The van der Waals surface area contributed by atoms with Crippen molar-refractivity contribution in [1.29, 1.82) is 0 Å². The standard InChI is InChI=1S/C12H14N6O6/c1-7-10(11-13-6-9(15(11)3)17(20)21)12(18(22)23)14-16(7)4-5-24-8(2)19/h6H,4-5H2,1-3H3. The van der Waals surface area contributed by atoms with Crippen LogP contribution < -0.4 is 0 Å². The van der Waals surface area contributed by atoms with Crippen molar-refractivity contribution in [3.05, 3.63) is 32.1 Å². The maximum atomic E-state index is 11.3. The summed E-state index contributed by atoms with van der Waals surface area (Å²) in [6, 6.07) is 0. The van der Waals surface area contributed by atoms with Crippen molar-refractivity contribution in [2.75, 3.05) is 6.61 Å². The predicted octanol–water partition coefficient (Wildman–Crippen LogP) is 0.972. The van der Waals surface area contributed by atoms with Gasteiger partial charge in [-0.25, -0.2) is 9.55 Å². The number of nitro groups is 2. The van der Waals surface area contributed by atoms with Crippen LogP contribution in [0, 0.1) is 27.2 Å². The molecule has 0 unspecified atom stereocenters. The average molecular weight is 338 g/mol. The number of carbonyl (C=O) groups is 1. The molecule has 2 aromatic rings. The van der Waals surface area contributed by atoms with Gasteiger partial charge in [0.25, 0.3) is 0 Å². The van der Waals surface area contributed by atoms with Gasteiger partial charge in [-0.15, -0.1) is 0 Å². The van der Waals surface area contributed by atoms with Gasteiger partial charge in [0.2, 0.25) is 5.82 Å². The molecule has 0 atom stereocenters. The average Bonchev–Trinajstić information content (AvgIpc) is 3.00. The second-order valence-electron chi connectivity index (χ2n) is 4.86. The molecule has 2 aromatic heterocycles. The monoisotopic (exact) mass is 338 g/mol. The minimum absolute atomic E-state index is 0.00480. The smallest absolute Gasteiger partial charge is 0.403 e. The summed E-state index contributed by atoms with van der Waals surface area (Å²) < 4.78 is 7.24. The fraction of sp³-hybridized carbons (Fsp3) is 0.417. The zero-order chi connectivity index (χ0) is 18.0. The first-order chi connectivity index (χ1) is 11.2. The third-order valence-corrected chi connectivity index (χ3v) is 3.34. The Kier molecular flexibility index (Phi) is 4.57. The van der Waals surface area contributed by atoms with Gasteiger partial charge >= 0.3 is 17.6 Å². The molecule has 128 valence electrons. The van der Waals surface area contributed by atoms with Crippen LogP contribution in [0.2, 0.25) is 0 Å². The molecule has 0 aromatic carbocycles. The van der Waals surface area contributed by atoms with Gasteiger partial charge in [-0.2, -0.15) is 4.68 Å². The highest BCUT2D eigenvalue weighted by Crippen LogP contribution is 2.33. The van der Waals surface area contributed by atoms with E-state index in [1.807, 2.05) is 0 Å². The fourth-order valence-corrected chi connectivity index (χ4v) is 2.22. The highest BCUT2D eigenvalue weighted by molar-refractivity contribution is 5.69. The number of ether oxygens (including phenoxy) is 1. The van der Waals surface area contributed by atoms with E-state index in [-0.39, 0.29) is 30.4 Å². The van der Waals surface area contributed by atoms with E-state index >= 15 is 0 Å². The number of imidazole rings is 1. The van der Waals surface area contributed by atoms with E-state index in [9.17, 15) is 25.0 Å². The van der Waals surface area contributed by atoms with E-state index in [4.69, 9.17) is 4.74 Å². The van der Waals surface area contributed by atoms with Crippen LogP contribution in [0.3, 0.4) is 0 Å². The zero-order valence-electron chi connectivity index (χ0n) is 13.1. The lowest BCUT2D eigenvalue weighted by molar-refractivity contribution is -0.391. The third kappa shape index (κ3) is 3.06. The molecule has 0 aliphatic heterocycles. The van der Waals surface area contributed by atoms with E-state index < -0.39 is 21.6 Å². The lowest BCUT2D eigenvalue weighted by atomic mass is 10.2. The van der Waals surface area contributed by atoms with Crippen molar-refractivity contribution in [2.45, 2.75) is 20.4 Å². The summed E-state index contributed by atoms with van der Waals surface area (Å²) in [5.41, 5.74) is 0.468. The molecule has 0 saturated heterocycles. The SMILES string of the molecule is CC(=O)OCCn1nc([N+](=O)[O-])c(-c2ncc([N+](=O)[O-])n2C)c1C. The molecule has 0 saturated carbocycles. The Bertz CT molecular complexity index is 822. The molecule has 0 N–H and O–H groups in total. The number of hydrogen-bond donors (Lipinski definition) is 0. The maximum absolute atomic E-state index is 11.3. The Morgan fingerprint density at radius 2 is 2.00 bits per heavy atom. The normalized spacial score (nSPS) is 10.6. The van der Waals surface area contributed by atoms with Gasteiger partial charge in [0, 0.05) is 6.92 Å². The molecule has 0 amide bonds. The molecule has 0 fully saturated rings. The van der Waals surface area contributed by atoms with Crippen molar-refractivity contribution in [1.82, 2.24) is 19.3 Å². The summed E-state index contributed by atoms with van der Waals surface area (Å²) in [5, 5.41) is 26.1. The van der Waals surface area contributed by atoms with Crippen LogP contribution in [0.1, 0.15) is 12.6 Å². The summed E-state index contributed by atoms with van der Waals surface area (Å²) in [6.07, 6.45) is 1.02. The highest BCUT2D eigenvalue weighted by Gasteiger charge is 2.33. The van der Waals surface area contributed by atoms with Crippen molar-refractivity contribution >= 4 is 17.6 Å². The molecule has 2 rings (SSSR count). The summed E-state index contributed by atoms with van der Waals surface area (Å²) >= 11 is 0. The van der Waals surface area contributed by atoms with E-state index in [1.165, 1.54) is 18.7 Å². The van der Waals surface area contributed by atoms with Crippen LogP contribution in [0.15, 0.2) is 6.20 Å². The first-order valence-corrected chi connectivity index (χ1v) is 6.75. The van der Waals surface area contributed by atoms with Crippen LogP contribution in [0.5, 0.6) is 0 Å². The molecular weight excluding hydrogens is 324 g/mol. The fourth-order valence-electron chi connectivity index (χ4n) is 2.22. The molecule has 0 bridgehead atoms. The Balaban J connectivity index is 2.49. The zero-order valence-corrected chi connectivity index (χ0v) is 13.1. The molecule has 24 heavy (non-hydrogen) atoms. The summed E-state index contributed by atoms with van der Waals surface area (Å²) in [6.45, 7) is 2.92. The van der Waals surface area contributed by atoms with Crippen molar-refractivity contribution in [3.8, 4) is 11.4 Å². The third-order valence-electron chi connectivity index (χ3n) is 3.34. The Labute approximate surface area is 135 Å². The number of carbonyl (C=O) groups excluding carboxylic acids is 1. The van der Waals surface area contributed by atoms with Gasteiger partial charge in [0.15, 0.2) is 5.56 Å². The Morgan fingerprint density at radius 1 is 1.33 bits per heavy atom. The van der Waals surface area contributed by atoms with Gasteiger partial charge in [0.1, 0.15) is 12.8 Å². The lowest BCUT2D eigenvalue weighted by Crippen LogP contribution is -2.11. The van der Waals surface area contributed by atoms with Crippen LogP contribution in [0.25, 0.3) is 11.4 Å². The van der Waals surface area contributed by atoms with Crippen LogP contribution in [-0.4, -0.2) is 41.8 Å². The van der Waals surface area contributed by atoms with Gasteiger partial charge in [-0.3, -0.25) is 4.79 Å². The second-order valence-corrected chi connectivity index (χ2v) is 4.86. The van der Waals surface area contributed by atoms with Crippen LogP contribution in [-0.2, 0) is 23.1 Å². The topological polar surface area (TPSA) is 148 Å². The van der Waals surface area contributed by atoms with Gasteiger partial charge in [-0.05, 0) is 16.8 Å². The van der Waals surface area contributed by atoms with E-state index in [2.05, 4.69) is 10.1 Å². The van der Waals surface area contributed by atoms with Crippen molar-refractivity contribution in [3.63, 3.8) is 0 Å². The number of esters is 1. The molecular formula is C12H14N6O6.